The fourth-order valence-electron chi connectivity index (χ4n) is 2.74. The van der Waals surface area contributed by atoms with Crippen LogP contribution in [0.1, 0.15) is 32.0 Å². The van der Waals surface area contributed by atoms with Crippen LogP contribution in [0.2, 0.25) is 0 Å². The Bertz CT molecular complexity index is 821. The summed E-state index contributed by atoms with van der Waals surface area (Å²) in [7, 11) is 0. The molecule has 0 bridgehead atoms. The summed E-state index contributed by atoms with van der Waals surface area (Å²) in [6.45, 7) is 4.07. The summed E-state index contributed by atoms with van der Waals surface area (Å²) in [5.74, 6) is 0.992. The van der Waals surface area contributed by atoms with Crippen molar-refractivity contribution < 1.29 is 4.79 Å². The molecule has 0 atom stereocenters. The summed E-state index contributed by atoms with van der Waals surface area (Å²) < 4.78 is 2.12. The smallest absolute Gasteiger partial charge is 0.224 e. The van der Waals surface area contributed by atoms with Crippen LogP contribution in [0.25, 0.3) is 16.7 Å². The van der Waals surface area contributed by atoms with Gasteiger partial charge in [-0.1, -0.05) is 31.5 Å². The minimum Gasteiger partial charge on any atom is -0.326 e. The lowest BCUT2D eigenvalue weighted by Crippen LogP contribution is -2.10. The van der Waals surface area contributed by atoms with Crippen molar-refractivity contribution >= 4 is 22.6 Å². The van der Waals surface area contributed by atoms with Crippen molar-refractivity contribution in [2.24, 2.45) is 0 Å². The molecule has 4 nitrogen and oxygen atoms in total. The van der Waals surface area contributed by atoms with E-state index in [-0.39, 0.29) is 5.91 Å². The van der Waals surface area contributed by atoms with Gasteiger partial charge in [-0.2, -0.15) is 0 Å². The molecule has 1 aromatic heterocycles. The Hall–Kier alpha value is -2.62. The number of imidazole rings is 1. The van der Waals surface area contributed by atoms with Crippen molar-refractivity contribution in [1.82, 2.24) is 9.55 Å². The van der Waals surface area contributed by atoms with Crippen LogP contribution in [0.15, 0.2) is 48.5 Å². The number of amides is 1. The highest BCUT2D eigenvalue weighted by Gasteiger charge is 2.10. The number of nitrogens with zero attached hydrogens (tertiary/aromatic N) is 2. The molecule has 2 aromatic carbocycles. The average molecular weight is 307 g/mol. The number of anilines is 1. The van der Waals surface area contributed by atoms with Crippen molar-refractivity contribution in [2.45, 2.75) is 33.1 Å². The summed E-state index contributed by atoms with van der Waals surface area (Å²) in [4.78, 5) is 16.5. The van der Waals surface area contributed by atoms with E-state index in [0.717, 1.165) is 41.1 Å². The molecule has 1 N–H and O–H groups in total. The van der Waals surface area contributed by atoms with Crippen LogP contribution in [-0.2, 0) is 4.79 Å². The summed E-state index contributed by atoms with van der Waals surface area (Å²) in [5, 5.41) is 2.95. The van der Waals surface area contributed by atoms with Gasteiger partial charge in [-0.15, -0.1) is 0 Å². The highest BCUT2D eigenvalue weighted by atomic mass is 16.1. The van der Waals surface area contributed by atoms with Gasteiger partial charge in [0.05, 0.1) is 11.0 Å². The van der Waals surface area contributed by atoms with E-state index in [0.29, 0.717) is 6.42 Å². The van der Waals surface area contributed by atoms with E-state index in [1.807, 2.05) is 43.3 Å². The number of rotatable bonds is 5. The minimum atomic E-state index is 0.0606. The highest BCUT2D eigenvalue weighted by molar-refractivity contribution is 5.93. The standard InChI is InChI=1S/C19H21N3O/c1-3-4-10-19(23)21-15-11-12-18-17(13-15)20-14(2)22(18)16-8-6-5-7-9-16/h5-9,11-13H,3-4,10H2,1-2H3,(H,21,23). The zero-order valence-corrected chi connectivity index (χ0v) is 13.5. The van der Waals surface area contributed by atoms with E-state index in [4.69, 9.17) is 0 Å². The van der Waals surface area contributed by atoms with Gasteiger partial charge < -0.3 is 5.32 Å². The van der Waals surface area contributed by atoms with Crippen LogP contribution in [0.5, 0.6) is 0 Å². The zero-order valence-electron chi connectivity index (χ0n) is 13.5. The van der Waals surface area contributed by atoms with E-state index in [2.05, 4.69) is 33.9 Å². The molecule has 0 fully saturated rings. The normalized spacial score (nSPS) is 10.9. The third kappa shape index (κ3) is 3.26. The highest BCUT2D eigenvalue weighted by Crippen LogP contribution is 2.24. The van der Waals surface area contributed by atoms with E-state index in [1.165, 1.54) is 0 Å². The maximum Gasteiger partial charge on any atom is 0.224 e. The lowest BCUT2D eigenvalue weighted by Gasteiger charge is -2.07. The van der Waals surface area contributed by atoms with Crippen LogP contribution < -0.4 is 5.32 Å². The Morgan fingerprint density at radius 3 is 2.70 bits per heavy atom. The van der Waals surface area contributed by atoms with Gasteiger partial charge in [0.2, 0.25) is 5.91 Å². The third-order valence-electron chi connectivity index (χ3n) is 3.88. The fourth-order valence-corrected chi connectivity index (χ4v) is 2.74. The maximum absolute atomic E-state index is 11.9. The molecule has 4 heteroatoms. The Morgan fingerprint density at radius 2 is 1.96 bits per heavy atom. The number of para-hydroxylation sites is 1. The van der Waals surface area contributed by atoms with Crippen molar-refractivity contribution in [2.75, 3.05) is 5.32 Å². The quantitative estimate of drug-likeness (QED) is 0.756. The van der Waals surface area contributed by atoms with Crippen LogP contribution >= 0.6 is 0 Å². The molecule has 0 spiro atoms. The summed E-state index contributed by atoms with van der Waals surface area (Å²) in [6.07, 6.45) is 2.50. The average Bonchev–Trinajstić information content (AvgIpc) is 2.88. The van der Waals surface area contributed by atoms with Gasteiger partial charge in [0.15, 0.2) is 0 Å². The number of hydrogen-bond donors (Lipinski definition) is 1. The van der Waals surface area contributed by atoms with E-state index < -0.39 is 0 Å². The van der Waals surface area contributed by atoms with Gasteiger partial charge in [0.25, 0.3) is 0 Å². The Morgan fingerprint density at radius 1 is 1.17 bits per heavy atom. The molecule has 3 aromatic rings. The SMILES string of the molecule is CCCCC(=O)Nc1ccc2c(c1)nc(C)n2-c1ccccc1. The molecule has 0 unspecified atom stereocenters. The van der Waals surface area contributed by atoms with Gasteiger partial charge in [-0.25, -0.2) is 4.98 Å². The first-order valence-corrected chi connectivity index (χ1v) is 8.03. The molecule has 118 valence electrons. The molecule has 1 amide bonds. The van der Waals surface area contributed by atoms with Crippen LogP contribution in [0.4, 0.5) is 5.69 Å². The number of carbonyl (C=O) groups is 1. The molecule has 0 aliphatic rings. The fraction of sp³-hybridized carbons (Fsp3) is 0.263. The second-order valence-electron chi connectivity index (χ2n) is 5.69. The van der Waals surface area contributed by atoms with Crippen molar-refractivity contribution in [3.05, 3.63) is 54.4 Å². The first-order valence-electron chi connectivity index (χ1n) is 8.03. The monoisotopic (exact) mass is 307 g/mol. The number of fused-ring (bicyclic) bond motifs is 1. The van der Waals surface area contributed by atoms with Gasteiger partial charge >= 0.3 is 0 Å². The third-order valence-corrected chi connectivity index (χ3v) is 3.88. The van der Waals surface area contributed by atoms with E-state index in [1.54, 1.807) is 0 Å². The Balaban J connectivity index is 1.92. The van der Waals surface area contributed by atoms with Crippen LogP contribution in [-0.4, -0.2) is 15.5 Å². The van der Waals surface area contributed by atoms with Crippen molar-refractivity contribution in [3.8, 4) is 5.69 Å². The van der Waals surface area contributed by atoms with E-state index >= 15 is 0 Å². The molecular formula is C19H21N3O. The first kappa shape index (κ1) is 15.3. The molecule has 0 radical (unpaired) electrons. The molecule has 0 aliphatic heterocycles. The number of unbranched alkanes of at least 4 members (excludes halogenated alkanes) is 1. The predicted octanol–water partition coefficient (Wildman–Crippen LogP) is 4.46. The molecular weight excluding hydrogens is 286 g/mol. The van der Waals surface area contributed by atoms with Crippen molar-refractivity contribution in [3.63, 3.8) is 0 Å². The predicted molar refractivity (Wildman–Crippen MR) is 94.0 cm³/mol. The van der Waals surface area contributed by atoms with Gasteiger partial charge in [0, 0.05) is 17.8 Å². The topological polar surface area (TPSA) is 46.9 Å². The number of carbonyl (C=O) groups excluding carboxylic acids is 1. The number of benzene rings is 2. The largest absolute Gasteiger partial charge is 0.326 e. The lowest BCUT2D eigenvalue weighted by molar-refractivity contribution is -0.116. The van der Waals surface area contributed by atoms with E-state index in [9.17, 15) is 4.79 Å². The number of aromatic nitrogens is 2. The summed E-state index contributed by atoms with van der Waals surface area (Å²) in [6, 6.07) is 16.0. The summed E-state index contributed by atoms with van der Waals surface area (Å²) in [5.41, 5.74) is 3.82. The minimum absolute atomic E-state index is 0.0606. The van der Waals surface area contributed by atoms with Crippen molar-refractivity contribution in [1.29, 1.82) is 0 Å². The van der Waals surface area contributed by atoms with Gasteiger partial charge in [-0.05, 0) is 43.7 Å². The summed E-state index contributed by atoms with van der Waals surface area (Å²) >= 11 is 0. The zero-order chi connectivity index (χ0) is 16.2. The number of hydrogen-bond acceptors (Lipinski definition) is 2. The number of nitrogens with one attached hydrogen (secondary N) is 1. The molecule has 0 saturated carbocycles. The Kier molecular flexibility index (Phi) is 4.42. The molecule has 0 saturated heterocycles. The molecule has 3 rings (SSSR count). The van der Waals surface area contributed by atoms with Crippen LogP contribution in [0.3, 0.4) is 0 Å². The van der Waals surface area contributed by atoms with Crippen LogP contribution in [0, 0.1) is 6.92 Å². The molecule has 23 heavy (non-hydrogen) atoms. The first-order chi connectivity index (χ1) is 11.2. The maximum atomic E-state index is 11.9. The van der Waals surface area contributed by atoms with Gasteiger partial charge in [0.1, 0.15) is 5.82 Å². The number of aryl methyl sites for hydroxylation is 1. The molecule has 0 aliphatic carbocycles. The lowest BCUT2D eigenvalue weighted by atomic mass is 10.2. The second kappa shape index (κ2) is 6.65. The second-order valence-corrected chi connectivity index (χ2v) is 5.69. The molecule has 1 heterocycles. The Labute approximate surface area is 136 Å². The van der Waals surface area contributed by atoms with Gasteiger partial charge in [-0.3, -0.25) is 9.36 Å².